The maximum absolute atomic E-state index is 12.9. The molecule has 154 valence electrons. The van der Waals surface area contributed by atoms with Crippen LogP contribution in [0.2, 0.25) is 5.02 Å². The molecule has 1 amide bonds. The van der Waals surface area contributed by atoms with E-state index in [-0.39, 0.29) is 21.4 Å². The van der Waals surface area contributed by atoms with Gasteiger partial charge in [-0.2, -0.15) is 0 Å². The van der Waals surface area contributed by atoms with Gasteiger partial charge in [0.05, 0.1) is 15.5 Å². The molecule has 0 aromatic heterocycles. The summed E-state index contributed by atoms with van der Waals surface area (Å²) in [5, 5.41) is 0.248. The van der Waals surface area contributed by atoms with Crippen molar-refractivity contribution in [2.24, 2.45) is 0 Å². The number of hydrogen-bond acceptors (Lipinski definition) is 4. The van der Waals surface area contributed by atoms with E-state index in [9.17, 15) is 13.2 Å². The Labute approximate surface area is 176 Å². The van der Waals surface area contributed by atoms with E-state index in [1.54, 1.807) is 4.90 Å². The van der Waals surface area contributed by atoms with Gasteiger partial charge in [-0.3, -0.25) is 9.69 Å². The maximum atomic E-state index is 12.9. The van der Waals surface area contributed by atoms with E-state index in [4.69, 9.17) is 11.6 Å². The molecule has 8 heteroatoms. The van der Waals surface area contributed by atoms with Gasteiger partial charge in [0, 0.05) is 32.7 Å². The Hall–Kier alpha value is -2.19. The molecule has 1 heterocycles. The molecule has 1 fully saturated rings. The van der Waals surface area contributed by atoms with Crippen molar-refractivity contribution in [2.75, 3.05) is 39.8 Å². The highest BCUT2D eigenvalue weighted by Crippen LogP contribution is 2.22. The predicted octanol–water partition coefficient (Wildman–Crippen LogP) is 2.72. The molecular formula is C21H24ClN3O3S. The molecule has 0 aliphatic carbocycles. The largest absolute Gasteiger partial charge is 0.336 e. The number of rotatable bonds is 6. The molecule has 2 aromatic carbocycles. The van der Waals surface area contributed by atoms with Crippen LogP contribution in [0.5, 0.6) is 0 Å². The quantitative estimate of drug-likeness (QED) is 0.760. The van der Waals surface area contributed by atoms with E-state index in [1.807, 2.05) is 18.2 Å². The monoisotopic (exact) mass is 433 g/mol. The molecule has 1 aliphatic rings. The number of sulfonamides is 1. The molecule has 6 nitrogen and oxygen atoms in total. The number of nitrogens with zero attached hydrogens (tertiary/aromatic N) is 2. The number of carbonyl (C=O) groups is 1. The van der Waals surface area contributed by atoms with Gasteiger partial charge in [0.2, 0.25) is 10.0 Å². The van der Waals surface area contributed by atoms with Crippen molar-refractivity contribution < 1.29 is 13.2 Å². The molecule has 1 saturated heterocycles. The van der Waals surface area contributed by atoms with Gasteiger partial charge < -0.3 is 4.90 Å². The summed E-state index contributed by atoms with van der Waals surface area (Å²) in [6.07, 6.45) is 4.21. The summed E-state index contributed by atoms with van der Waals surface area (Å²) in [4.78, 5) is 16.9. The van der Waals surface area contributed by atoms with Crippen LogP contribution in [-0.2, 0) is 10.0 Å². The van der Waals surface area contributed by atoms with Gasteiger partial charge in [-0.15, -0.1) is 0 Å². The van der Waals surface area contributed by atoms with E-state index in [0.717, 1.165) is 25.2 Å². The fourth-order valence-corrected chi connectivity index (χ4v) is 4.11. The summed E-state index contributed by atoms with van der Waals surface area (Å²) < 4.78 is 26.3. The van der Waals surface area contributed by atoms with Crippen molar-refractivity contribution in [1.29, 1.82) is 0 Å². The molecule has 0 unspecified atom stereocenters. The number of hydrogen-bond donors (Lipinski definition) is 1. The fourth-order valence-electron chi connectivity index (χ4n) is 3.16. The van der Waals surface area contributed by atoms with Gasteiger partial charge in [-0.1, -0.05) is 54.1 Å². The van der Waals surface area contributed by atoms with Crippen LogP contribution in [0.3, 0.4) is 0 Å². The van der Waals surface area contributed by atoms with Gasteiger partial charge in [-0.25, -0.2) is 13.1 Å². The minimum atomic E-state index is -3.64. The normalized spacial score (nSPS) is 15.7. The molecule has 29 heavy (non-hydrogen) atoms. The van der Waals surface area contributed by atoms with Crippen molar-refractivity contribution in [3.8, 4) is 0 Å². The lowest BCUT2D eigenvalue weighted by atomic mass is 10.1. The molecular weight excluding hydrogens is 410 g/mol. The van der Waals surface area contributed by atoms with Gasteiger partial charge in [0.25, 0.3) is 5.91 Å². The Morgan fingerprint density at radius 2 is 1.79 bits per heavy atom. The van der Waals surface area contributed by atoms with Gasteiger partial charge >= 0.3 is 0 Å². The van der Waals surface area contributed by atoms with Gasteiger partial charge in [0.1, 0.15) is 0 Å². The molecule has 1 N–H and O–H groups in total. The van der Waals surface area contributed by atoms with Crippen LogP contribution < -0.4 is 4.72 Å². The number of amides is 1. The van der Waals surface area contributed by atoms with Gasteiger partial charge in [-0.05, 0) is 30.8 Å². The third-order valence-corrected chi connectivity index (χ3v) is 6.62. The highest BCUT2D eigenvalue weighted by atomic mass is 35.5. The van der Waals surface area contributed by atoms with E-state index in [2.05, 4.69) is 33.9 Å². The van der Waals surface area contributed by atoms with E-state index in [0.29, 0.717) is 13.1 Å². The van der Waals surface area contributed by atoms with Crippen LogP contribution in [0.15, 0.2) is 59.5 Å². The van der Waals surface area contributed by atoms with Crippen molar-refractivity contribution in [3.63, 3.8) is 0 Å². The zero-order valence-corrected chi connectivity index (χ0v) is 17.8. The lowest BCUT2D eigenvalue weighted by Gasteiger charge is -2.34. The van der Waals surface area contributed by atoms with E-state index >= 15 is 0 Å². The van der Waals surface area contributed by atoms with Crippen molar-refractivity contribution >= 4 is 33.6 Å². The Morgan fingerprint density at radius 3 is 2.45 bits per heavy atom. The van der Waals surface area contributed by atoms with Crippen molar-refractivity contribution in [3.05, 3.63) is 70.8 Å². The van der Waals surface area contributed by atoms with Crippen LogP contribution in [-0.4, -0.2) is 63.9 Å². The maximum Gasteiger partial charge on any atom is 0.255 e. The summed E-state index contributed by atoms with van der Waals surface area (Å²) in [6, 6.07) is 14.3. The Morgan fingerprint density at radius 1 is 1.10 bits per heavy atom. The number of piperazine rings is 1. The predicted molar refractivity (Wildman–Crippen MR) is 116 cm³/mol. The molecule has 0 radical (unpaired) electrons. The van der Waals surface area contributed by atoms with Crippen LogP contribution in [0.1, 0.15) is 15.9 Å². The molecule has 0 spiro atoms. The number of carbonyl (C=O) groups excluding carboxylic acids is 1. The second-order valence-corrected chi connectivity index (χ2v) is 9.05. The third kappa shape index (κ3) is 5.45. The standard InChI is InChI=1S/C21H24ClN3O3S/c1-23-29(27,28)18-9-10-20(22)19(16-18)21(26)25-14-12-24(13-15-25)11-5-8-17-6-3-2-4-7-17/h2-10,16,23H,11-15H2,1H3. The summed E-state index contributed by atoms with van der Waals surface area (Å²) in [7, 11) is -2.31. The molecule has 3 rings (SSSR count). The first kappa shape index (κ1) is 21.5. The molecule has 2 aromatic rings. The SMILES string of the molecule is CNS(=O)(=O)c1ccc(Cl)c(C(=O)N2CCN(CC=Cc3ccccc3)CC2)c1. The van der Waals surface area contributed by atoms with Crippen LogP contribution in [0.25, 0.3) is 6.08 Å². The Bertz CT molecular complexity index is 985. The smallest absolute Gasteiger partial charge is 0.255 e. The number of nitrogens with one attached hydrogen (secondary N) is 1. The van der Waals surface area contributed by atoms with Gasteiger partial charge in [0.15, 0.2) is 0 Å². The molecule has 0 bridgehead atoms. The van der Waals surface area contributed by atoms with Crippen LogP contribution >= 0.6 is 11.6 Å². The summed E-state index contributed by atoms with van der Waals surface area (Å²) in [6.45, 7) is 3.44. The first-order valence-corrected chi connectivity index (χ1v) is 11.2. The van der Waals surface area contributed by atoms with Crippen LogP contribution in [0.4, 0.5) is 0 Å². The molecule has 0 saturated carbocycles. The Kier molecular flexibility index (Phi) is 7.08. The molecule has 0 atom stereocenters. The number of halogens is 1. The second-order valence-electron chi connectivity index (χ2n) is 6.76. The number of benzene rings is 2. The third-order valence-electron chi connectivity index (χ3n) is 4.88. The average Bonchev–Trinajstić information content (AvgIpc) is 2.75. The first-order chi connectivity index (χ1) is 13.9. The zero-order valence-electron chi connectivity index (χ0n) is 16.2. The van der Waals surface area contributed by atoms with Crippen LogP contribution in [0, 0.1) is 0 Å². The second kappa shape index (κ2) is 9.54. The van der Waals surface area contributed by atoms with E-state index < -0.39 is 10.0 Å². The summed E-state index contributed by atoms with van der Waals surface area (Å²) in [5.74, 6) is -0.248. The lowest BCUT2D eigenvalue weighted by molar-refractivity contribution is 0.0650. The highest BCUT2D eigenvalue weighted by molar-refractivity contribution is 7.89. The highest BCUT2D eigenvalue weighted by Gasteiger charge is 2.24. The Balaban J connectivity index is 1.60. The summed E-state index contributed by atoms with van der Waals surface area (Å²) >= 11 is 6.18. The topological polar surface area (TPSA) is 69.7 Å². The molecule has 1 aliphatic heterocycles. The minimum Gasteiger partial charge on any atom is -0.336 e. The first-order valence-electron chi connectivity index (χ1n) is 9.37. The van der Waals surface area contributed by atoms with Crippen molar-refractivity contribution in [1.82, 2.24) is 14.5 Å². The minimum absolute atomic E-state index is 0.0254. The van der Waals surface area contributed by atoms with Crippen molar-refractivity contribution in [2.45, 2.75) is 4.90 Å². The summed E-state index contributed by atoms with van der Waals surface area (Å²) in [5.41, 5.74) is 1.37. The fraction of sp³-hybridized carbons (Fsp3) is 0.286. The average molecular weight is 434 g/mol. The lowest BCUT2D eigenvalue weighted by Crippen LogP contribution is -2.48. The zero-order chi connectivity index (χ0) is 20.9. The van der Waals surface area contributed by atoms with E-state index in [1.165, 1.54) is 25.2 Å².